The first-order chi connectivity index (χ1) is 18.5. The fraction of sp³-hybridized carbons (Fsp3) is 0.222. The Balaban J connectivity index is 0.000000294. The highest BCUT2D eigenvalue weighted by molar-refractivity contribution is 5.98. The molecule has 0 aromatic heterocycles. The molecule has 7 nitrogen and oxygen atoms in total. The van der Waals surface area contributed by atoms with Crippen LogP contribution in [0.3, 0.4) is 0 Å². The van der Waals surface area contributed by atoms with Crippen molar-refractivity contribution in [1.82, 2.24) is 0 Å². The van der Waals surface area contributed by atoms with Gasteiger partial charge in [-0.15, -0.1) is 0 Å². The number of benzene rings is 3. The maximum atomic E-state index is 12.9. The molecule has 0 amide bonds. The molecule has 0 bridgehead atoms. The number of rotatable bonds is 6. The normalized spacial score (nSPS) is 11.3. The van der Waals surface area contributed by atoms with Crippen molar-refractivity contribution in [3.63, 3.8) is 0 Å². The first-order valence-corrected chi connectivity index (χ1v) is 11.2. The fourth-order valence-electron chi connectivity index (χ4n) is 3.35. The lowest BCUT2D eigenvalue weighted by atomic mass is 9.98. The van der Waals surface area contributed by atoms with Crippen LogP contribution in [0.25, 0.3) is 0 Å². The number of aliphatic hydroxyl groups is 1. The third kappa shape index (κ3) is 8.56. The van der Waals surface area contributed by atoms with Crippen molar-refractivity contribution in [2.75, 3.05) is 12.8 Å². The van der Waals surface area contributed by atoms with E-state index >= 15 is 0 Å². The zero-order valence-corrected chi connectivity index (χ0v) is 21.0. The lowest BCUT2D eigenvalue weighted by Gasteiger charge is -2.11. The Morgan fingerprint density at radius 2 is 1.35 bits per heavy atom. The number of esters is 1. The van der Waals surface area contributed by atoms with Crippen molar-refractivity contribution >= 4 is 23.4 Å². The summed E-state index contributed by atoms with van der Waals surface area (Å²) in [7, 11) is 0.989. The highest BCUT2D eigenvalue weighted by Crippen LogP contribution is 2.32. The number of ketones is 1. The molecule has 0 unspecified atom stereocenters. The first kappa shape index (κ1) is 31.8. The van der Waals surface area contributed by atoms with E-state index in [4.69, 9.17) is 15.9 Å². The number of Topliss-reactive ketones (excluding diaryl/α,β-unsaturated/α-hetero) is 1. The maximum Gasteiger partial charge on any atom is 0.416 e. The van der Waals surface area contributed by atoms with Crippen LogP contribution in [0, 0.1) is 6.92 Å². The second kappa shape index (κ2) is 12.6. The van der Waals surface area contributed by atoms with Crippen molar-refractivity contribution < 1.29 is 55.7 Å². The average Bonchev–Trinajstić information content (AvgIpc) is 2.89. The molecule has 214 valence electrons. The standard InChI is InChI=1S/C17H16F3NO2.C10H7F3O4/c1-10-2-3-11(6-15(10)21)7-16(23)13-4-12(9-22)5-14(8-13)17(18,19)20;1-17-9(16)6-2-5(8(14)15)3-7(4-6)10(11,12)13/h2-6,8,22H,7,9,21H2,1H3;2-4H,1H3,(H,14,15). The molecule has 3 rings (SSSR count). The lowest BCUT2D eigenvalue weighted by Crippen LogP contribution is -2.11. The van der Waals surface area contributed by atoms with E-state index < -0.39 is 58.9 Å². The summed E-state index contributed by atoms with van der Waals surface area (Å²) in [6, 6.07) is 9.83. The van der Waals surface area contributed by atoms with Gasteiger partial charge in [0.1, 0.15) is 0 Å². The number of nitrogen functional groups attached to an aromatic ring is 1. The number of nitrogens with two attached hydrogens (primary N) is 1. The Labute approximate surface area is 223 Å². The Morgan fingerprint density at radius 1 is 0.800 bits per heavy atom. The summed E-state index contributed by atoms with van der Waals surface area (Å²) >= 11 is 0. The van der Waals surface area contributed by atoms with Crippen LogP contribution in [-0.4, -0.2) is 35.0 Å². The Morgan fingerprint density at radius 3 is 1.85 bits per heavy atom. The molecule has 0 atom stereocenters. The summed E-state index contributed by atoms with van der Waals surface area (Å²) in [4.78, 5) is 34.0. The number of anilines is 1. The highest BCUT2D eigenvalue weighted by Gasteiger charge is 2.33. The monoisotopic (exact) mass is 571 g/mol. The molecule has 13 heteroatoms. The van der Waals surface area contributed by atoms with Crippen LogP contribution in [0.5, 0.6) is 0 Å². The molecular formula is C27H23F6NO6. The first-order valence-electron chi connectivity index (χ1n) is 11.2. The van der Waals surface area contributed by atoms with Crippen LogP contribution in [0.15, 0.2) is 54.6 Å². The van der Waals surface area contributed by atoms with E-state index in [-0.39, 0.29) is 17.5 Å². The third-order valence-corrected chi connectivity index (χ3v) is 5.46. The van der Waals surface area contributed by atoms with Crippen molar-refractivity contribution in [2.24, 2.45) is 0 Å². The van der Waals surface area contributed by atoms with Gasteiger partial charge in [-0.3, -0.25) is 4.79 Å². The molecule has 40 heavy (non-hydrogen) atoms. The number of alkyl halides is 6. The number of hydrogen-bond acceptors (Lipinski definition) is 6. The van der Waals surface area contributed by atoms with Gasteiger partial charge in [0.25, 0.3) is 0 Å². The average molecular weight is 571 g/mol. The highest BCUT2D eigenvalue weighted by atomic mass is 19.4. The second-order valence-electron chi connectivity index (χ2n) is 8.46. The molecule has 0 spiro atoms. The predicted molar refractivity (Wildman–Crippen MR) is 131 cm³/mol. The van der Waals surface area contributed by atoms with Crippen LogP contribution < -0.4 is 5.73 Å². The molecule has 0 aliphatic rings. The van der Waals surface area contributed by atoms with E-state index in [1.54, 1.807) is 18.2 Å². The van der Waals surface area contributed by atoms with Crippen LogP contribution in [-0.2, 0) is 30.1 Å². The Kier molecular flexibility index (Phi) is 10.1. The SMILES string of the molecule is COC(=O)c1cc(C(=O)O)cc(C(F)(F)F)c1.Cc1ccc(CC(=O)c2cc(CO)cc(C(F)(F)F)c2)cc1N. The molecule has 3 aromatic rings. The quantitative estimate of drug-likeness (QED) is 0.150. The second-order valence-corrected chi connectivity index (χ2v) is 8.46. The number of hydrogen-bond donors (Lipinski definition) is 3. The molecule has 0 saturated carbocycles. The number of halogens is 6. The van der Waals surface area contributed by atoms with Crippen molar-refractivity contribution in [2.45, 2.75) is 32.3 Å². The van der Waals surface area contributed by atoms with E-state index in [0.29, 0.717) is 23.4 Å². The predicted octanol–water partition coefficient (Wildman–Crippen LogP) is 5.70. The third-order valence-electron chi connectivity index (χ3n) is 5.46. The van der Waals surface area contributed by atoms with Gasteiger partial charge in [-0.2, -0.15) is 26.3 Å². The topological polar surface area (TPSA) is 127 Å². The maximum absolute atomic E-state index is 12.9. The van der Waals surface area contributed by atoms with Crippen LogP contribution in [0.1, 0.15) is 58.9 Å². The number of carbonyl (C=O) groups is 3. The molecule has 0 aliphatic carbocycles. The van der Waals surface area contributed by atoms with E-state index in [1.165, 1.54) is 6.07 Å². The van der Waals surface area contributed by atoms with Crippen LogP contribution in [0.4, 0.5) is 32.0 Å². The van der Waals surface area contributed by atoms with Crippen LogP contribution in [0.2, 0.25) is 0 Å². The zero-order chi connectivity index (χ0) is 30.4. The molecule has 0 radical (unpaired) electrons. The number of aliphatic hydroxyl groups excluding tert-OH is 1. The van der Waals surface area contributed by atoms with Crippen molar-refractivity contribution in [1.29, 1.82) is 0 Å². The number of carboxylic acid groups (broad SMARTS) is 1. The van der Waals surface area contributed by atoms with Crippen LogP contribution >= 0.6 is 0 Å². The minimum absolute atomic E-state index is 0.0478. The number of carbonyl (C=O) groups excluding carboxylic acids is 2. The lowest BCUT2D eigenvalue weighted by molar-refractivity contribution is -0.138. The number of aromatic carboxylic acids is 1. The number of carboxylic acids is 1. The molecule has 3 aromatic carbocycles. The van der Waals surface area contributed by atoms with Crippen molar-refractivity contribution in [3.05, 3.63) is 99.1 Å². The van der Waals surface area contributed by atoms with E-state index in [0.717, 1.165) is 30.9 Å². The number of methoxy groups -OCH3 is 1. The Hall–Kier alpha value is -4.39. The van der Waals surface area contributed by atoms with Gasteiger partial charge in [0.2, 0.25) is 0 Å². The van der Waals surface area contributed by atoms with Gasteiger partial charge in [-0.05, 0) is 66.1 Å². The number of ether oxygens (including phenoxy) is 1. The summed E-state index contributed by atoms with van der Waals surface area (Å²) < 4.78 is 80.1. The largest absolute Gasteiger partial charge is 0.478 e. The summed E-state index contributed by atoms with van der Waals surface area (Å²) in [5.41, 5.74) is 4.51. The van der Waals surface area contributed by atoms with Gasteiger partial charge in [0.15, 0.2) is 5.78 Å². The Bertz CT molecular complexity index is 1420. The zero-order valence-electron chi connectivity index (χ0n) is 21.0. The van der Waals surface area contributed by atoms with Gasteiger partial charge < -0.3 is 20.7 Å². The fourth-order valence-corrected chi connectivity index (χ4v) is 3.35. The molecule has 0 fully saturated rings. The minimum atomic E-state index is -4.73. The number of aryl methyl sites for hydroxylation is 1. The van der Waals surface area contributed by atoms with Crippen molar-refractivity contribution in [3.8, 4) is 0 Å². The van der Waals surface area contributed by atoms with E-state index in [1.807, 2.05) is 6.92 Å². The minimum Gasteiger partial charge on any atom is -0.478 e. The molecule has 0 saturated heterocycles. The summed E-state index contributed by atoms with van der Waals surface area (Å²) in [5, 5.41) is 17.7. The molecular weight excluding hydrogens is 548 g/mol. The van der Waals surface area contributed by atoms with E-state index in [2.05, 4.69) is 4.74 Å². The summed E-state index contributed by atoms with van der Waals surface area (Å²) in [5.74, 6) is -3.05. The van der Waals surface area contributed by atoms with Gasteiger partial charge in [0.05, 0.1) is 36.0 Å². The van der Waals surface area contributed by atoms with Gasteiger partial charge >= 0.3 is 24.3 Å². The molecule has 0 heterocycles. The summed E-state index contributed by atoms with van der Waals surface area (Å²) in [6.45, 7) is 1.25. The summed E-state index contributed by atoms with van der Waals surface area (Å²) in [6.07, 6.45) is -9.36. The van der Waals surface area contributed by atoms with Gasteiger partial charge in [-0.1, -0.05) is 12.1 Å². The van der Waals surface area contributed by atoms with E-state index in [9.17, 15) is 40.7 Å². The van der Waals surface area contributed by atoms with Gasteiger partial charge in [-0.25, -0.2) is 9.59 Å². The molecule has 4 N–H and O–H groups in total. The smallest absolute Gasteiger partial charge is 0.416 e. The van der Waals surface area contributed by atoms with Gasteiger partial charge in [0, 0.05) is 17.7 Å². The molecule has 0 aliphatic heterocycles.